The maximum atomic E-state index is 12.1. The molecule has 0 aromatic heterocycles. The number of hydrogen-bond donors (Lipinski definition) is 0. The van der Waals surface area contributed by atoms with E-state index >= 15 is 0 Å². The van der Waals surface area contributed by atoms with Crippen LogP contribution in [0.3, 0.4) is 0 Å². The van der Waals surface area contributed by atoms with E-state index in [2.05, 4.69) is 0 Å². The van der Waals surface area contributed by atoms with Crippen molar-refractivity contribution in [2.45, 2.75) is 25.9 Å². The Kier molecular flexibility index (Phi) is 5.48. The third-order valence-corrected chi connectivity index (χ3v) is 2.72. The van der Waals surface area contributed by atoms with Gasteiger partial charge in [-0.1, -0.05) is 37.3 Å². The molecule has 0 saturated carbocycles. The van der Waals surface area contributed by atoms with Gasteiger partial charge in [-0.3, -0.25) is 0 Å². The third-order valence-electron chi connectivity index (χ3n) is 2.72. The van der Waals surface area contributed by atoms with Crippen LogP contribution in [0.25, 0.3) is 0 Å². The van der Waals surface area contributed by atoms with Crippen LogP contribution < -0.4 is 0 Å². The van der Waals surface area contributed by atoms with E-state index < -0.39 is 12.6 Å². The van der Waals surface area contributed by atoms with Gasteiger partial charge in [0.05, 0.1) is 6.42 Å². The zero-order valence-corrected chi connectivity index (χ0v) is 10.0. The molecule has 1 nitrogen and oxygen atoms in total. The van der Waals surface area contributed by atoms with Crippen LogP contribution in [0.5, 0.6) is 0 Å². The lowest BCUT2D eigenvalue weighted by molar-refractivity contribution is -0.137. The summed E-state index contributed by atoms with van der Waals surface area (Å²) in [6.45, 7) is 3.31. The number of rotatable bonds is 6. The average Bonchev–Trinajstić information content (AvgIpc) is 2.29. The second-order valence-corrected chi connectivity index (χ2v) is 4.04. The number of likely N-dealkylation sites (N-methyl/N-ethyl adjacent to an activating group) is 1. The molecule has 0 aliphatic heterocycles. The van der Waals surface area contributed by atoms with Crippen LogP contribution in [0.2, 0.25) is 0 Å². The fraction of sp³-hybridized carbons (Fsp3) is 0.538. The summed E-state index contributed by atoms with van der Waals surface area (Å²) < 4.78 is 36.3. The molecule has 0 spiro atoms. The first kappa shape index (κ1) is 14.0. The standard InChI is InChI=1S/C13H18F3N/c1-2-17(11-9-13(14,15)16)10-8-12-6-4-3-5-7-12/h3-7H,2,8-11H2,1H3. The largest absolute Gasteiger partial charge is 0.390 e. The van der Waals surface area contributed by atoms with E-state index in [0.29, 0.717) is 13.1 Å². The highest BCUT2D eigenvalue weighted by Crippen LogP contribution is 2.19. The first-order valence-corrected chi connectivity index (χ1v) is 5.84. The van der Waals surface area contributed by atoms with Gasteiger partial charge in [-0.25, -0.2) is 0 Å². The molecule has 4 heteroatoms. The van der Waals surface area contributed by atoms with E-state index in [-0.39, 0.29) is 6.54 Å². The summed E-state index contributed by atoms with van der Waals surface area (Å²) in [5.41, 5.74) is 1.16. The molecule has 0 N–H and O–H groups in total. The van der Waals surface area contributed by atoms with Gasteiger partial charge in [0.15, 0.2) is 0 Å². The van der Waals surface area contributed by atoms with Gasteiger partial charge in [0.1, 0.15) is 0 Å². The Hall–Kier alpha value is -1.03. The number of nitrogens with zero attached hydrogens (tertiary/aromatic N) is 1. The van der Waals surface area contributed by atoms with Crippen LogP contribution in [0.15, 0.2) is 30.3 Å². The molecule has 1 aromatic carbocycles. The molecule has 96 valence electrons. The van der Waals surface area contributed by atoms with Crippen molar-refractivity contribution >= 4 is 0 Å². The summed E-state index contributed by atoms with van der Waals surface area (Å²) in [4.78, 5) is 1.83. The van der Waals surface area contributed by atoms with Gasteiger partial charge in [-0.2, -0.15) is 13.2 Å². The predicted molar refractivity (Wildman–Crippen MR) is 62.9 cm³/mol. The van der Waals surface area contributed by atoms with E-state index in [9.17, 15) is 13.2 Å². The van der Waals surface area contributed by atoms with Gasteiger partial charge in [0, 0.05) is 13.1 Å². The number of benzene rings is 1. The number of halogens is 3. The Balaban J connectivity index is 2.33. The summed E-state index contributed by atoms with van der Waals surface area (Å²) in [5, 5.41) is 0. The summed E-state index contributed by atoms with van der Waals surface area (Å²) in [6, 6.07) is 9.82. The van der Waals surface area contributed by atoms with Crippen LogP contribution in [-0.2, 0) is 6.42 Å². The normalized spacial score (nSPS) is 12.1. The fourth-order valence-corrected chi connectivity index (χ4v) is 1.64. The monoisotopic (exact) mass is 245 g/mol. The van der Waals surface area contributed by atoms with Crippen molar-refractivity contribution < 1.29 is 13.2 Å². The van der Waals surface area contributed by atoms with Crippen molar-refractivity contribution in [2.75, 3.05) is 19.6 Å². The molecular weight excluding hydrogens is 227 g/mol. The smallest absolute Gasteiger partial charge is 0.303 e. The molecular formula is C13H18F3N. The summed E-state index contributed by atoms with van der Waals surface area (Å²) >= 11 is 0. The molecule has 0 atom stereocenters. The molecule has 1 aromatic rings. The van der Waals surface area contributed by atoms with E-state index in [1.165, 1.54) is 0 Å². The first-order chi connectivity index (χ1) is 8.01. The second-order valence-electron chi connectivity index (χ2n) is 4.04. The maximum Gasteiger partial charge on any atom is 0.390 e. The summed E-state index contributed by atoms with van der Waals surface area (Å²) in [6.07, 6.45) is -3.98. The quantitative estimate of drug-likeness (QED) is 0.741. The van der Waals surface area contributed by atoms with Crippen LogP contribution in [0, 0.1) is 0 Å². The van der Waals surface area contributed by atoms with Crippen molar-refractivity contribution in [1.29, 1.82) is 0 Å². The first-order valence-electron chi connectivity index (χ1n) is 5.84. The van der Waals surface area contributed by atoms with Crippen molar-refractivity contribution in [3.05, 3.63) is 35.9 Å². The molecule has 0 saturated heterocycles. The average molecular weight is 245 g/mol. The summed E-state index contributed by atoms with van der Waals surface area (Å²) in [5.74, 6) is 0. The number of alkyl halides is 3. The highest BCUT2D eigenvalue weighted by atomic mass is 19.4. The highest BCUT2D eigenvalue weighted by molar-refractivity contribution is 5.14. The van der Waals surface area contributed by atoms with Crippen LogP contribution >= 0.6 is 0 Å². The Morgan fingerprint density at radius 2 is 1.71 bits per heavy atom. The molecule has 0 bridgehead atoms. The Morgan fingerprint density at radius 3 is 2.24 bits per heavy atom. The molecule has 0 heterocycles. The van der Waals surface area contributed by atoms with Gasteiger partial charge in [-0.15, -0.1) is 0 Å². The minimum atomic E-state index is -4.06. The molecule has 1 rings (SSSR count). The fourth-order valence-electron chi connectivity index (χ4n) is 1.64. The van der Waals surface area contributed by atoms with Crippen molar-refractivity contribution in [1.82, 2.24) is 4.90 Å². The molecule has 17 heavy (non-hydrogen) atoms. The molecule has 0 aliphatic carbocycles. The maximum absolute atomic E-state index is 12.1. The SMILES string of the molecule is CCN(CCc1ccccc1)CCC(F)(F)F. The molecule has 0 fully saturated rings. The van der Waals surface area contributed by atoms with E-state index in [4.69, 9.17) is 0 Å². The molecule has 0 amide bonds. The predicted octanol–water partition coefficient (Wildman–Crippen LogP) is 3.50. The van der Waals surface area contributed by atoms with E-state index in [1.54, 1.807) is 0 Å². The lowest BCUT2D eigenvalue weighted by atomic mass is 10.1. The molecule has 0 unspecified atom stereocenters. The van der Waals surface area contributed by atoms with Gasteiger partial charge < -0.3 is 4.90 Å². The van der Waals surface area contributed by atoms with Gasteiger partial charge in [0.2, 0.25) is 0 Å². The lowest BCUT2D eigenvalue weighted by Gasteiger charge is -2.21. The topological polar surface area (TPSA) is 3.24 Å². The Morgan fingerprint density at radius 1 is 1.06 bits per heavy atom. The van der Waals surface area contributed by atoms with Gasteiger partial charge >= 0.3 is 6.18 Å². The second kappa shape index (κ2) is 6.64. The minimum Gasteiger partial charge on any atom is -0.303 e. The Bertz CT molecular complexity index is 308. The van der Waals surface area contributed by atoms with Crippen LogP contribution in [0.4, 0.5) is 13.2 Å². The van der Waals surface area contributed by atoms with Crippen LogP contribution in [-0.4, -0.2) is 30.7 Å². The van der Waals surface area contributed by atoms with Crippen molar-refractivity contribution in [2.24, 2.45) is 0 Å². The highest BCUT2D eigenvalue weighted by Gasteiger charge is 2.27. The minimum absolute atomic E-state index is 0.0901. The van der Waals surface area contributed by atoms with Crippen molar-refractivity contribution in [3.8, 4) is 0 Å². The lowest BCUT2D eigenvalue weighted by Crippen LogP contribution is -2.30. The van der Waals surface area contributed by atoms with Gasteiger partial charge in [0.25, 0.3) is 0 Å². The Labute approximate surface area is 100 Å². The molecule has 0 aliphatic rings. The van der Waals surface area contributed by atoms with E-state index in [0.717, 1.165) is 12.0 Å². The number of hydrogen-bond acceptors (Lipinski definition) is 1. The third kappa shape index (κ3) is 6.31. The van der Waals surface area contributed by atoms with Crippen molar-refractivity contribution in [3.63, 3.8) is 0 Å². The summed E-state index contributed by atoms with van der Waals surface area (Å²) in [7, 11) is 0. The van der Waals surface area contributed by atoms with Gasteiger partial charge in [-0.05, 0) is 18.5 Å². The van der Waals surface area contributed by atoms with E-state index in [1.807, 2.05) is 42.2 Å². The van der Waals surface area contributed by atoms with Crippen LogP contribution in [0.1, 0.15) is 18.9 Å². The molecule has 0 radical (unpaired) electrons. The zero-order valence-electron chi connectivity index (χ0n) is 10.0. The zero-order chi connectivity index (χ0) is 12.7.